The molecule has 1 fully saturated rings. The average molecular weight is 288 g/mol. The van der Waals surface area contributed by atoms with Gasteiger partial charge < -0.3 is 5.32 Å². The molecule has 1 saturated carbocycles. The largest absolute Gasteiger partial charge is 0.309 e. The Bertz CT molecular complexity index is 567. The van der Waals surface area contributed by atoms with Crippen molar-refractivity contribution in [3.05, 3.63) is 34.7 Å². The molecule has 1 heterocycles. The minimum absolute atomic E-state index is 0.779. The third-order valence-electron chi connectivity index (χ3n) is 4.19. The lowest BCUT2D eigenvalue weighted by atomic mass is 10.1. The second-order valence-corrected chi connectivity index (χ2v) is 6.75. The van der Waals surface area contributed by atoms with Crippen LogP contribution in [0, 0.1) is 0 Å². The second-order valence-electron chi connectivity index (χ2n) is 5.62. The first-order valence-corrected chi connectivity index (χ1v) is 8.58. The van der Waals surface area contributed by atoms with E-state index in [4.69, 9.17) is 0 Å². The summed E-state index contributed by atoms with van der Waals surface area (Å²) in [7, 11) is 0. The fraction of sp³-hybridized carbons (Fsp3) is 0.529. The topological polar surface area (TPSA) is 15.3 Å². The Kier molecular flexibility index (Phi) is 4.39. The molecule has 2 nitrogen and oxygen atoms in total. The van der Waals surface area contributed by atoms with Crippen LogP contribution in [0.15, 0.2) is 24.3 Å². The first-order chi connectivity index (χ1) is 9.81. The van der Waals surface area contributed by atoms with E-state index in [1.165, 1.54) is 27.8 Å². The highest BCUT2D eigenvalue weighted by molar-refractivity contribution is 7.19. The first kappa shape index (κ1) is 14.1. The lowest BCUT2D eigenvalue weighted by molar-refractivity contribution is 0.296. The monoisotopic (exact) mass is 288 g/mol. The van der Waals surface area contributed by atoms with Crippen LogP contribution in [-0.2, 0) is 13.1 Å². The van der Waals surface area contributed by atoms with Crippen molar-refractivity contribution in [3.63, 3.8) is 0 Å². The quantitative estimate of drug-likeness (QED) is 0.828. The molecule has 0 unspecified atom stereocenters. The van der Waals surface area contributed by atoms with E-state index in [0.29, 0.717) is 0 Å². The number of thiophene rings is 1. The van der Waals surface area contributed by atoms with Gasteiger partial charge in [-0.05, 0) is 42.9 Å². The van der Waals surface area contributed by atoms with Gasteiger partial charge >= 0.3 is 0 Å². The Morgan fingerprint density at radius 1 is 1.20 bits per heavy atom. The normalized spacial score (nSPS) is 15.3. The zero-order chi connectivity index (χ0) is 13.9. The lowest BCUT2D eigenvalue weighted by Crippen LogP contribution is -2.23. The molecule has 0 saturated heterocycles. The van der Waals surface area contributed by atoms with Gasteiger partial charge in [-0.25, -0.2) is 0 Å². The molecule has 0 radical (unpaired) electrons. The first-order valence-electron chi connectivity index (χ1n) is 7.76. The highest BCUT2D eigenvalue weighted by Crippen LogP contribution is 2.33. The zero-order valence-electron chi connectivity index (χ0n) is 12.5. The van der Waals surface area contributed by atoms with E-state index < -0.39 is 0 Å². The predicted octanol–water partition coefficient (Wildman–Crippen LogP) is 4.00. The highest BCUT2D eigenvalue weighted by Gasteiger charge is 2.21. The van der Waals surface area contributed by atoms with Gasteiger partial charge in [0.25, 0.3) is 0 Å². The Morgan fingerprint density at radius 2 is 1.95 bits per heavy atom. The summed E-state index contributed by atoms with van der Waals surface area (Å²) in [6, 6.07) is 9.63. The Balaban J connectivity index is 1.89. The average Bonchev–Trinajstić information content (AvgIpc) is 3.25. The Labute approximate surface area is 125 Å². The molecular weight excluding hydrogens is 264 g/mol. The molecule has 3 rings (SSSR count). The molecule has 3 heteroatoms. The molecule has 0 bridgehead atoms. The van der Waals surface area contributed by atoms with E-state index >= 15 is 0 Å². The summed E-state index contributed by atoms with van der Waals surface area (Å²) < 4.78 is 1.43. The fourth-order valence-electron chi connectivity index (χ4n) is 2.66. The van der Waals surface area contributed by atoms with E-state index in [0.717, 1.165) is 32.2 Å². The van der Waals surface area contributed by atoms with Crippen molar-refractivity contribution in [1.82, 2.24) is 10.2 Å². The van der Waals surface area contributed by atoms with Crippen LogP contribution in [0.5, 0.6) is 0 Å². The van der Waals surface area contributed by atoms with Crippen LogP contribution in [0.3, 0.4) is 0 Å². The van der Waals surface area contributed by atoms with Gasteiger partial charge in [0, 0.05) is 28.7 Å². The molecule has 1 aliphatic carbocycles. The van der Waals surface area contributed by atoms with Gasteiger partial charge in [0.15, 0.2) is 0 Å². The van der Waals surface area contributed by atoms with Crippen molar-refractivity contribution in [3.8, 4) is 0 Å². The summed E-state index contributed by atoms with van der Waals surface area (Å²) in [5.74, 6) is 0. The SMILES string of the molecule is CCN(CC)Cc1c(CNC2CC2)sc2ccccc12. The lowest BCUT2D eigenvalue weighted by Gasteiger charge is -2.19. The molecule has 0 amide bonds. The summed E-state index contributed by atoms with van der Waals surface area (Å²) in [5, 5.41) is 5.13. The second kappa shape index (κ2) is 6.25. The van der Waals surface area contributed by atoms with Crippen molar-refractivity contribution in [2.45, 2.75) is 45.8 Å². The maximum Gasteiger partial charge on any atom is 0.0349 e. The maximum atomic E-state index is 3.68. The summed E-state index contributed by atoms with van der Waals surface area (Å²) in [6.45, 7) is 8.87. The van der Waals surface area contributed by atoms with Crippen LogP contribution in [0.25, 0.3) is 10.1 Å². The van der Waals surface area contributed by atoms with E-state index in [-0.39, 0.29) is 0 Å². The van der Waals surface area contributed by atoms with E-state index in [1.807, 2.05) is 11.3 Å². The van der Waals surface area contributed by atoms with Gasteiger partial charge in [0.05, 0.1) is 0 Å². The van der Waals surface area contributed by atoms with Gasteiger partial charge in [-0.15, -0.1) is 11.3 Å². The zero-order valence-corrected chi connectivity index (χ0v) is 13.3. The predicted molar refractivity (Wildman–Crippen MR) is 88.3 cm³/mol. The molecule has 0 spiro atoms. The van der Waals surface area contributed by atoms with Crippen molar-refractivity contribution in [2.24, 2.45) is 0 Å². The van der Waals surface area contributed by atoms with Crippen LogP contribution in [0.2, 0.25) is 0 Å². The molecule has 0 aliphatic heterocycles. The van der Waals surface area contributed by atoms with Crippen molar-refractivity contribution >= 4 is 21.4 Å². The van der Waals surface area contributed by atoms with Crippen LogP contribution in [0.4, 0.5) is 0 Å². The summed E-state index contributed by atoms with van der Waals surface area (Å²) >= 11 is 1.97. The maximum absolute atomic E-state index is 3.68. The van der Waals surface area contributed by atoms with Gasteiger partial charge in [-0.3, -0.25) is 4.90 Å². The molecular formula is C17H24N2S. The van der Waals surface area contributed by atoms with Crippen LogP contribution in [0.1, 0.15) is 37.1 Å². The third kappa shape index (κ3) is 3.05. The van der Waals surface area contributed by atoms with Crippen molar-refractivity contribution < 1.29 is 0 Å². The minimum atomic E-state index is 0.779. The van der Waals surface area contributed by atoms with Crippen molar-refractivity contribution in [1.29, 1.82) is 0 Å². The van der Waals surface area contributed by atoms with E-state index in [1.54, 1.807) is 5.56 Å². The Hall–Kier alpha value is -0.900. The molecule has 1 N–H and O–H groups in total. The third-order valence-corrected chi connectivity index (χ3v) is 5.40. The summed E-state index contributed by atoms with van der Waals surface area (Å²) in [4.78, 5) is 4.04. The number of hydrogen-bond acceptors (Lipinski definition) is 3. The van der Waals surface area contributed by atoms with Crippen LogP contribution >= 0.6 is 11.3 Å². The number of nitrogens with zero attached hydrogens (tertiary/aromatic N) is 1. The summed E-state index contributed by atoms with van der Waals surface area (Å²) in [6.07, 6.45) is 2.71. The minimum Gasteiger partial charge on any atom is -0.309 e. The molecule has 108 valence electrons. The molecule has 1 aliphatic rings. The van der Waals surface area contributed by atoms with Gasteiger partial charge in [-0.1, -0.05) is 32.0 Å². The molecule has 2 aromatic rings. The van der Waals surface area contributed by atoms with E-state index in [2.05, 4.69) is 48.3 Å². The molecule has 20 heavy (non-hydrogen) atoms. The summed E-state index contributed by atoms with van der Waals surface area (Å²) in [5.41, 5.74) is 1.54. The molecule has 1 aromatic carbocycles. The van der Waals surface area contributed by atoms with E-state index in [9.17, 15) is 0 Å². The van der Waals surface area contributed by atoms with Crippen molar-refractivity contribution in [2.75, 3.05) is 13.1 Å². The molecule has 1 aromatic heterocycles. The number of hydrogen-bond donors (Lipinski definition) is 1. The number of fused-ring (bicyclic) bond motifs is 1. The number of nitrogens with one attached hydrogen (secondary N) is 1. The standard InChI is InChI=1S/C17H24N2S/c1-3-19(4-2)12-15-14-7-5-6-8-16(14)20-17(15)11-18-13-9-10-13/h5-8,13,18H,3-4,9-12H2,1-2H3. The van der Waals surface area contributed by atoms with Gasteiger partial charge in [-0.2, -0.15) is 0 Å². The Morgan fingerprint density at radius 3 is 2.65 bits per heavy atom. The molecule has 0 atom stereocenters. The number of rotatable bonds is 7. The van der Waals surface area contributed by atoms with Gasteiger partial charge in [0.2, 0.25) is 0 Å². The smallest absolute Gasteiger partial charge is 0.0349 e. The van der Waals surface area contributed by atoms with Crippen LogP contribution in [-0.4, -0.2) is 24.0 Å². The van der Waals surface area contributed by atoms with Crippen LogP contribution < -0.4 is 5.32 Å². The van der Waals surface area contributed by atoms with Gasteiger partial charge in [0.1, 0.15) is 0 Å². The highest BCUT2D eigenvalue weighted by atomic mass is 32.1. The fourth-order valence-corrected chi connectivity index (χ4v) is 3.83. The number of benzene rings is 1.